The van der Waals surface area contributed by atoms with E-state index in [4.69, 9.17) is 5.73 Å². The number of para-hydroxylation sites is 1. The largest absolute Gasteiger partial charge is 0.398 e. The summed E-state index contributed by atoms with van der Waals surface area (Å²) in [6.07, 6.45) is 0. The van der Waals surface area contributed by atoms with Crippen LogP contribution in [0.4, 0.5) is 11.4 Å². The van der Waals surface area contributed by atoms with E-state index in [9.17, 15) is 9.00 Å². The van der Waals surface area contributed by atoms with E-state index in [-0.39, 0.29) is 11.7 Å². The Morgan fingerprint density at radius 2 is 1.81 bits per heavy atom. The molecule has 2 aromatic rings. The van der Waals surface area contributed by atoms with Crippen molar-refractivity contribution in [3.63, 3.8) is 0 Å². The van der Waals surface area contributed by atoms with E-state index >= 15 is 0 Å². The highest BCUT2D eigenvalue weighted by Crippen LogP contribution is 2.20. The van der Waals surface area contributed by atoms with E-state index in [1.165, 1.54) is 0 Å². The predicted molar refractivity (Wildman–Crippen MR) is 86.7 cm³/mol. The minimum absolute atomic E-state index is 0.110. The number of anilines is 2. The molecule has 0 aromatic heterocycles. The molecule has 0 heterocycles. The standard InChI is InChI=1S/C16H18N2O2S/c1-11-6-8-13(9-7-11)18-15(19)10-21(20)14-5-3-4-12(2)16(14)17/h3-9H,10,17H2,1-2H3,(H,18,19). The maximum Gasteiger partial charge on any atom is 0.237 e. The summed E-state index contributed by atoms with van der Waals surface area (Å²) in [6, 6.07) is 12.8. The number of rotatable bonds is 4. The van der Waals surface area contributed by atoms with Crippen LogP contribution in [0.5, 0.6) is 0 Å². The Balaban J connectivity index is 2.04. The number of nitrogen functional groups attached to an aromatic ring is 1. The fraction of sp³-hybridized carbons (Fsp3) is 0.188. The molecule has 1 atom stereocenters. The summed E-state index contributed by atoms with van der Waals surface area (Å²) in [5.41, 5.74) is 9.06. The van der Waals surface area contributed by atoms with E-state index in [2.05, 4.69) is 5.32 Å². The first-order valence-corrected chi connectivity index (χ1v) is 7.89. The van der Waals surface area contributed by atoms with Crippen molar-refractivity contribution in [2.75, 3.05) is 16.8 Å². The van der Waals surface area contributed by atoms with E-state index in [1.54, 1.807) is 12.1 Å². The summed E-state index contributed by atoms with van der Waals surface area (Å²) in [7, 11) is -1.45. The quantitative estimate of drug-likeness (QED) is 0.853. The number of amides is 1. The number of carbonyl (C=O) groups is 1. The van der Waals surface area contributed by atoms with Gasteiger partial charge in [0.1, 0.15) is 5.75 Å². The molecule has 0 bridgehead atoms. The smallest absolute Gasteiger partial charge is 0.237 e. The van der Waals surface area contributed by atoms with Crippen molar-refractivity contribution < 1.29 is 9.00 Å². The molecular formula is C16H18N2O2S. The molecule has 4 nitrogen and oxygen atoms in total. The van der Waals surface area contributed by atoms with Gasteiger partial charge in [0.2, 0.25) is 5.91 Å². The van der Waals surface area contributed by atoms with Gasteiger partial charge in [-0.2, -0.15) is 0 Å². The first-order valence-electron chi connectivity index (χ1n) is 6.57. The van der Waals surface area contributed by atoms with Gasteiger partial charge < -0.3 is 11.1 Å². The van der Waals surface area contributed by atoms with Crippen molar-refractivity contribution in [3.05, 3.63) is 53.6 Å². The monoisotopic (exact) mass is 302 g/mol. The molecule has 3 N–H and O–H groups in total. The molecule has 0 saturated carbocycles. The highest BCUT2D eigenvalue weighted by molar-refractivity contribution is 7.86. The zero-order chi connectivity index (χ0) is 15.4. The second-order valence-electron chi connectivity index (χ2n) is 4.89. The summed E-state index contributed by atoms with van der Waals surface area (Å²) >= 11 is 0. The van der Waals surface area contributed by atoms with E-state index in [1.807, 2.05) is 44.2 Å². The molecule has 2 aromatic carbocycles. The predicted octanol–water partition coefficient (Wildman–Crippen LogP) is 2.63. The number of hydrogen-bond donors (Lipinski definition) is 2. The maximum atomic E-state index is 12.2. The van der Waals surface area contributed by atoms with Crippen LogP contribution in [0.15, 0.2) is 47.4 Å². The van der Waals surface area contributed by atoms with Gasteiger partial charge in [-0.05, 0) is 37.6 Å². The topological polar surface area (TPSA) is 72.2 Å². The van der Waals surface area contributed by atoms with E-state index in [0.717, 1.165) is 11.1 Å². The molecule has 1 amide bonds. The van der Waals surface area contributed by atoms with Crippen LogP contribution >= 0.6 is 0 Å². The van der Waals surface area contributed by atoms with Crippen LogP contribution in [-0.2, 0) is 15.6 Å². The van der Waals surface area contributed by atoms with Gasteiger partial charge in [-0.25, -0.2) is 0 Å². The molecule has 0 radical (unpaired) electrons. The third-order valence-corrected chi connectivity index (χ3v) is 4.50. The number of nitrogens with one attached hydrogen (secondary N) is 1. The van der Waals surface area contributed by atoms with E-state index in [0.29, 0.717) is 16.3 Å². The summed E-state index contributed by atoms with van der Waals surface area (Å²) in [5.74, 6) is -0.403. The lowest BCUT2D eigenvalue weighted by Crippen LogP contribution is -2.20. The number of benzene rings is 2. The van der Waals surface area contributed by atoms with E-state index < -0.39 is 10.8 Å². The molecule has 2 rings (SSSR count). The molecule has 110 valence electrons. The van der Waals surface area contributed by atoms with Crippen LogP contribution in [-0.4, -0.2) is 15.9 Å². The zero-order valence-electron chi connectivity index (χ0n) is 12.1. The van der Waals surface area contributed by atoms with Gasteiger partial charge in [-0.3, -0.25) is 9.00 Å². The fourth-order valence-electron chi connectivity index (χ4n) is 1.88. The van der Waals surface area contributed by atoms with Gasteiger partial charge >= 0.3 is 0 Å². The van der Waals surface area contributed by atoms with Crippen molar-refractivity contribution in [3.8, 4) is 0 Å². The summed E-state index contributed by atoms with van der Waals surface area (Å²) in [4.78, 5) is 12.4. The molecule has 21 heavy (non-hydrogen) atoms. The Morgan fingerprint density at radius 1 is 1.14 bits per heavy atom. The Hall–Kier alpha value is -2.14. The molecule has 0 spiro atoms. The van der Waals surface area contributed by atoms with Crippen molar-refractivity contribution in [1.82, 2.24) is 0 Å². The molecule has 0 aliphatic heterocycles. The minimum atomic E-state index is -1.45. The molecule has 0 saturated heterocycles. The summed E-state index contributed by atoms with van der Waals surface area (Å²) in [6.45, 7) is 3.82. The second kappa shape index (κ2) is 6.54. The molecular weight excluding hydrogens is 284 g/mol. The van der Waals surface area contributed by atoms with Gasteiger partial charge in [0.25, 0.3) is 0 Å². The van der Waals surface area contributed by atoms with Crippen LogP contribution in [0.2, 0.25) is 0 Å². The Morgan fingerprint density at radius 3 is 2.48 bits per heavy atom. The molecule has 0 aliphatic carbocycles. The Labute approximate surface area is 126 Å². The summed E-state index contributed by atoms with van der Waals surface area (Å²) < 4.78 is 12.2. The lowest BCUT2D eigenvalue weighted by Gasteiger charge is -2.09. The Kier molecular flexibility index (Phi) is 4.75. The number of hydrogen-bond acceptors (Lipinski definition) is 3. The maximum absolute atomic E-state index is 12.2. The van der Waals surface area contributed by atoms with Crippen LogP contribution in [0, 0.1) is 13.8 Å². The lowest BCUT2D eigenvalue weighted by molar-refractivity contribution is -0.113. The average molecular weight is 302 g/mol. The Bertz CT molecular complexity index is 681. The van der Waals surface area contributed by atoms with Crippen LogP contribution in [0.3, 0.4) is 0 Å². The third kappa shape index (κ3) is 3.92. The van der Waals surface area contributed by atoms with Gasteiger partial charge in [-0.1, -0.05) is 29.8 Å². The molecule has 0 aliphatic rings. The summed E-state index contributed by atoms with van der Waals surface area (Å²) in [5, 5.41) is 2.73. The van der Waals surface area contributed by atoms with Crippen molar-refractivity contribution in [2.24, 2.45) is 0 Å². The van der Waals surface area contributed by atoms with Crippen molar-refractivity contribution in [2.45, 2.75) is 18.7 Å². The van der Waals surface area contributed by atoms with Crippen LogP contribution in [0.25, 0.3) is 0 Å². The molecule has 1 unspecified atom stereocenters. The lowest BCUT2D eigenvalue weighted by atomic mass is 10.2. The number of carbonyl (C=O) groups excluding carboxylic acids is 1. The van der Waals surface area contributed by atoms with Crippen molar-refractivity contribution in [1.29, 1.82) is 0 Å². The minimum Gasteiger partial charge on any atom is -0.398 e. The average Bonchev–Trinajstić information content (AvgIpc) is 2.44. The fourth-order valence-corrected chi connectivity index (χ4v) is 2.99. The van der Waals surface area contributed by atoms with Crippen LogP contribution in [0.1, 0.15) is 11.1 Å². The van der Waals surface area contributed by atoms with Crippen LogP contribution < -0.4 is 11.1 Å². The van der Waals surface area contributed by atoms with Gasteiger partial charge in [-0.15, -0.1) is 0 Å². The third-order valence-electron chi connectivity index (χ3n) is 3.13. The SMILES string of the molecule is Cc1ccc(NC(=O)CS(=O)c2cccc(C)c2N)cc1. The number of aryl methyl sites for hydroxylation is 2. The van der Waals surface area contributed by atoms with Gasteiger partial charge in [0.15, 0.2) is 0 Å². The first-order chi connectivity index (χ1) is 9.97. The van der Waals surface area contributed by atoms with Gasteiger partial charge in [0.05, 0.1) is 21.4 Å². The molecule has 5 heteroatoms. The highest BCUT2D eigenvalue weighted by atomic mass is 32.2. The van der Waals surface area contributed by atoms with Gasteiger partial charge in [0, 0.05) is 5.69 Å². The molecule has 0 fully saturated rings. The number of nitrogens with two attached hydrogens (primary N) is 1. The highest BCUT2D eigenvalue weighted by Gasteiger charge is 2.13. The zero-order valence-corrected chi connectivity index (χ0v) is 12.9. The normalized spacial score (nSPS) is 11.9. The first kappa shape index (κ1) is 15.3. The van der Waals surface area contributed by atoms with Crippen molar-refractivity contribution >= 4 is 28.1 Å². The second-order valence-corrected chi connectivity index (χ2v) is 6.31.